The molecule has 90 valence electrons. The van der Waals surface area contributed by atoms with Gasteiger partial charge in [-0.1, -0.05) is 5.16 Å². The number of aromatic nitrogens is 1. The molecule has 0 unspecified atom stereocenters. The number of aromatic hydroxyl groups is 1. The van der Waals surface area contributed by atoms with E-state index in [0.717, 1.165) is 6.07 Å². The fourth-order valence-electron chi connectivity index (χ4n) is 1.43. The fourth-order valence-corrected chi connectivity index (χ4v) is 1.95. The lowest BCUT2D eigenvalue weighted by atomic mass is 10.1. The van der Waals surface area contributed by atoms with Crippen molar-refractivity contribution in [2.45, 2.75) is 0 Å². The standard InChI is InChI=1S/C10H8BrFN2O3/c1-16-6-2-5(12)8(11)7(9(6)15)4-3-14-17-10(4)13/h2-3,15H,13H2,1H3. The van der Waals surface area contributed by atoms with Gasteiger partial charge in [-0.15, -0.1) is 0 Å². The Morgan fingerprint density at radius 1 is 1.59 bits per heavy atom. The van der Waals surface area contributed by atoms with Crippen LogP contribution in [0.5, 0.6) is 11.5 Å². The zero-order valence-electron chi connectivity index (χ0n) is 8.70. The van der Waals surface area contributed by atoms with Crippen LogP contribution in [-0.4, -0.2) is 17.4 Å². The molecule has 1 aromatic heterocycles. The summed E-state index contributed by atoms with van der Waals surface area (Å²) in [5, 5.41) is 13.4. The number of anilines is 1. The molecule has 5 nitrogen and oxygen atoms in total. The second-order valence-corrected chi connectivity index (χ2v) is 3.99. The number of rotatable bonds is 2. The van der Waals surface area contributed by atoms with Crippen LogP contribution in [0.3, 0.4) is 0 Å². The smallest absolute Gasteiger partial charge is 0.230 e. The first kappa shape index (κ1) is 11.7. The van der Waals surface area contributed by atoms with Gasteiger partial charge in [-0.2, -0.15) is 0 Å². The van der Waals surface area contributed by atoms with Crippen molar-refractivity contribution in [3.8, 4) is 22.6 Å². The quantitative estimate of drug-likeness (QED) is 0.891. The van der Waals surface area contributed by atoms with Gasteiger partial charge in [0.05, 0.1) is 28.9 Å². The number of nitrogens with zero attached hydrogens (tertiary/aromatic N) is 1. The van der Waals surface area contributed by atoms with E-state index in [1.165, 1.54) is 13.3 Å². The molecule has 0 atom stereocenters. The van der Waals surface area contributed by atoms with Crippen molar-refractivity contribution in [3.05, 3.63) is 22.6 Å². The van der Waals surface area contributed by atoms with E-state index in [1.807, 2.05) is 0 Å². The van der Waals surface area contributed by atoms with Gasteiger partial charge in [0.1, 0.15) is 5.82 Å². The van der Waals surface area contributed by atoms with E-state index in [0.29, 0.717) is 0 Å². The van der Waals surface area contributed by atoms with Crippen molar-refractivity contribution in [2.75, 3.05) is 12.8 Å². The van der Waals surface area contributed by atoms with Crippen LogP contribution in [0.1, 0.15) is 0 Å². The van der Waals surface area contributed by atoms with E-state index in [4.69, 9.17) is 10.5 Å². The molecule has 0 aliphatic rings. The molecule has 0 bridgehead atoms. The first-order chi connectivity index (χ1) is 8.06. The van der Waals surface area contributed by atoms with Gasteiger partial charge in [0, 0.05) is 6.07 Å². The van der Waals surface area contributed by atoms with Crippen molar-refractivity contribution in [1.82, 2.24) is 5.16 Å². The van der Waals surface area contributed by atoms with Gasteiger partial charge in [-0.25, -0.2) is 4.39 Å². The maximum Gasteiger partial charge on any atom is 0.230 e. The Hall–Kier alpha value is -1.76. The van der Waals surface area contributed by atoms with Crippen LogP contribution in [0.2, 0.25) is 0 Å². The zero-order chi connectivity index (χ0) is 12.6. The van der Waals surface area contributed by atoms with Crippen LogP contribution >= 0.6 is 15.9 Å². The average Bonchev–Trinajstić information content (AvgIpc) is 2.71. The molecular formula is C10H8BrFN2O3. The molecule has 0 amide bonds. The lowest BCUT2D eigenvalue weighted by molar-refractivity contribution is 0.371. The summed E-state index contributed by atoms with van der Waals surface area (Å²) >= 11 is 3.03. The first-order valence-corrected chi connectivity index (χ1v) is 5.31. The zero-order valence-corrected chi connectivity index (χ0v) is 10.3. The lowest BCUT2D eigenvalue weighted by Crippen LogP contribution is -1.93. The number of phenolic OH excluding ortho intramolecular Hbond substituents is 1. The summed E-state index contributed by atoms with van der Waals surface area (Å²) in [6.45, 7) is 0. The minimum atomic E-state index is -0.588. The summed E-state index contributed by atoms with van der Waals surface area (Å²) in [5.74, 6) is -0.846. The molecule has 0 saturated carbocycles. The molecule has 0 radical (unpaired) electrons. The first-order valence-electron chi connectivity index (χ1n) is 4.51. The predicted octanol–water partition coefficient (Wildman–Crippen LogP) is 2.54. The molecule has 2 rings (SSSR count). The summed E-state index contributed by atoms with van der Waals surface area (Å²) in [7, 11) is 1.32. The lowest BCUT2D eigenvalue weighted by Gasteiger charge is -2.10. The second-order valence-electron chi connectivity index (χ2n) is 3.20. The Morgan fingerprint density at radius 3 is 2.82 bits per heavy atom. The third-order valence-corrected chi connectivity index (χ3v) is 3.02. The Bertz CT molecular complexity index is 571. The van der Waals surface area contributed by atoms with Crippen LogP contribution in [0.15, 0.2) is 21.3 Å². The van der Waals surface area contributed by atoms with E-state index in [-0.39, 0.29) is 33.0 Å². The molecule has 3 N–H and O–H groups in total. The molecule has 0 aliphatic heterocycles. The fraction of sp³-hybridized carbons (Fsp3) is 0.100. The number of hydrogen-bond donors (Lipinski definition) is 2. The summed E-state index contributed by atoms with van der Waals surface area (Å²) in [6, 6.07) is 1.06. The molecule has 1 heterocycles. The topological polar surface area (TPSA) is 81.5 Å². The maximum absolute atomic E-state index is 13.6. The van der Waals surface area contributed by atoms with E-state index >= 15 is 0 Å². The second kappa shape index (κ2) is 4.25. The molecule has 2 aromatic rings. The Kier molecular flexibility index (Phi) is 2.93. The number of halogens is 2. The highest BCUT2D eigenvalue weighted by atomic mass is 79.9. The number of benzene rings is 1. The van der Waals surface area contributed by atoms with Gasteiger partial charge in [0.25, 0.3) is 0 Å². The van der Waals surface area contributed by atoms with Crippen LogP contribution in [0.4, 0.5) is 10.3 Å². The Morgan fingerprint density at radius 2 is 2.29 bits per heavy atom. The number of nitrogen functional groups attached to an aromatic ring is 1. The summed E-state index contributed by atoms with van der Waals surface area (Å²) in [4.78, 5) is 0. The minimum Gasteiger partial charge on any atom is -0.504 e. The van der Waals surface area contributed by atoms with E-state index in [2.05, 4.69) is 25.6 Å². The van der Waals surface area contributed by atoms with Crippen molar-refractivity contribution in [3.63, 3.8) is 0 Å². The predicted molar refractivity (Wildman–Crippen MR) is 62.2 cm³/mol. The average molecular weight is 303 g/mol. The van der Waals surface area contributed by atoms with Gasteiger partial charge in [0.2, 0.25) is 5.88 Å². The number of ether oxygens (including phenoxy) is 1. The van der Waals surface area contributed by atoms with E-state index in [9.17, 15) is 9.50 Å². The van der Waals surface area contributed by atoms with Crippen LogP contribution < -0.4 is 10.5 Å². The van der Waals surface area contributed by atoms with E-state index in [1.54, 1.807) is 0 Å². The summed E-state index contributed by atoms with van der Waals surface area (Å²) < 4.78 is 23.2. The van der Waals surface area contributed by atoms with Crippen molar-refractivity contribution in [2.24, 2.45) is 0 Å². The third-order valence-electron chi connectivity index (χ3n) is 2.24. The molecule has 1 aromatic carbocycles. The van der Waals surface area contributed by atoms with Gasteiger partial charge >= 0.3 is 0 Å². The van der Waals surface area contributed by atoms with Crippen LogP contribution in [0.25, 0.3) is 11.1 Å². The van der Waals surface area contributed by atoms with Gasteiger partial charge in [-0.3, -0.25) is 0 Å². The normalized spacial score (nSPS) is 10.5. The molecule has 7 heteroatoms. The third kappa shape index (κ3) is 1.82. The number of phenols is 1. The van der Waals surface area contributed by atoms with Crippen molar-refractivity contribution >= 4 is 21.8 Å². The number of methoxy groups -OCH3 is 1. The molecular weight excluding hydrogens is 295 g/mol. The highest BCUT2D eigenvalue weighted by Gasteiger charge is 2.21. The molecule has 0 saturated heterocycles. The highest BCUT2D eigenvalue weighted by molar-refractivity contribution is 9.10. The van der Waals surface area contributed by atoms with Gasteiger partial charge in [0.15, 0.2) is 11.5 Å². The summed E-state index contributed by atoms with van der Waals surface area (Å²) in [5.41, 5.74) is 5.95. The molecule has 0 aliphatic carbocycles. The minimum absolute atomic E-state index is 0.00120. The van der Waals surface area contributed by atoms with Crippen molar-refractivity contribution in [1.29, 1.82) is 0 Å². The van der Waals surface area contributed by atoms with Gasteiger partial charge < -0.3 is 20.1 Å². The molecule has 0 spiro atoms. The Labute approximate surface area is 104 Å². The highest BCUT2D eigenvalue weighted by Crippen LogP contribution is 2.45. The monoisotopic (exact) mass is 302 g/mol. The van der Waals surface area contributed by atoms with Crippen LogP contribution in [-0.2, 0) is 0 Å². The van der Waals surface area contributed by atoms with Crippen LogP contribution in [0, 0.1) is 5.82 Å². The van der Waals surface area contributed by atoms with Crippen molar-refractivity contribution < 1.29 is 18.8 Å². The largest absolute Gasteiger partial charge is 0.504 e. The Balaban J connectivity index is 2.76. The van der Waals surface area contributed by atoms with E-state index < -0.39 is 5.82 Å². The maximum atomic E-state index is 13.6. The SMILES string of the molecule is COc1cc(F)c(Br)c(-c2cnoc2N)c1O. The molecule has 0 fully saturated rings. The molecule has 17 heavy (non-hydrogen) atoms. The van der Waals surface area contributed by atoms with Gasteiger partial charge in [-0.05, 0) is 15.9 Å². The number of hydrogen-bond acceptors (Lipinski definition) is 5. The summed E-state index contributed by atoms with van der Waals surface area (Å²) in [6.07, 6.45) is 1.29. The number of nitrogens with two attached hydrogens (primary N) is 1.